The number of aliphatic carboxylic acids is 2. The quantitative estimate of drug-likeness (QED) is 0.289. The lowest BCUT2D eigenvalue weighted by Gasteiger charge is -2.41. The maximum absolute atomic E-state index is 13.7. The third-order valence-corrected chi connectivity index (χ3v) is 10.8. The van der Waals surface area contributed by atoms with E-state index in [0.717, 1.165) is 25.7 Å². The first kappa shape index (κ1) is 33.3. The molecule has 2 heterocycles. The Hall–Kier alpha value is -3.06. The van der Waals surface area contributed by atoms with Crippen LogP contribution in [0, 0.1) is 0 Å². The van der Waals surface area contributed by atoms with E-state index in [2.05, 4.69) is 10.2 Å². The standard InChI is InChI=1S/C32H36Cl2N4O6S/c33-22-7-4-8-23(34)27(22)30-28(31(40)41)24(36-25(29(30)32(42)43)18-45(44)21-5-2-1-3-6-21)17-26(39)38-15-13-37(14-16-38)20-11-9-19(35)10-12-20/h1-8,19-20,30,36H,9-18,35H2,(H,40,41)(H,42,43). The predicted octanol–water partition coefficient (Wildman–Crippen LogP) is 3.97. The SMILES string of the molecule is NC1CCC(N2CCN(C(=O)CC3=C(C(=O)O)C(c4c(Cl)cccc4Cl)C(C(=O)O)=C(C[S+]([O-])c4ccccc4)N3)CC2)CC1. The van der Waals surface area contributed by atoms with E-state index in [1.54, 1.807) is 41.3 Å². The number of nitrogens with one attached hydrogen (secondary N) is 1. The van der Waals surface area contributed by atoms with E-state index in [1.165, 1.54) is 12.1 Å². The van der Waals surface area contributed by atoms with Crippen LogP contribution in [0.5, 0.6) is 0 Å². The Morgan fingerprint density at radius 3 is 2.02 bits per heavy atom. The van der Waals surface area contributed by atoms with Gasteiger partial charge in [-0.25, -0.2) is 9.59 Å². The zero-order valence-electron chi connectivity index (χ0n) is 24.6. The molecule has 0 bridgehead atoms. The number of piperazine rings is 1. The molecule has 0 aromatic heterocycles. The number of rotatable bonds is 9. The fraction of sp³-hybridized carbons (Fsp3) is 0.406. The molecule has 2 aliphatic heterocycles. The minimum Gasteiger partial charge on any atom is -0.611 e. The first-order chi connectivity index (χ1) is 21.5. The summed E-state index contributed by atoms with van der Waals surface area (Å²) in [5, 5.41) is 24.0. The van der Waals surface area contributed by atoms with Crippen LogP contribution in [0.15, 0.2) is 76.0 Å². The molecular formula is C32H36Cl2N4O6S. The van der Waals surface area contributed by atoms with Crippen LogP contribution in [-0.2, 0) is 25.6 Å². The summed E-state index contributed by atoms with van der Waals surface area (Å²) in [4.78, 5) is 44.0. The first-order valence-electron chi connectivity index (χ1n) is 14.9. The monoisotopic (exact) mass is 674 g/mol. The van der Waals surface area contributed by atoms with E-state index in [9.17, 15) is 29.1 Å². The number of carboxylic acids is 2. The summed E-state index contributed by atoms with van der Waals surface area (Å²) in [7, 11) is 0. The lowest BCUT2D eigenvalue weighted by molar-refractivity contribution is -0.133. The highest BCUT2D eigenvalue weighted by molar-refractivity contribution is 7.91. The normalized spacial score (nSPS) is 23.5. The highest BCUT2D eigenvalue weighted by atomic mass is 35.5. The number of hydrogen-bond acceptors (Lipinski definition) is 7. The zero-order chi connectivity index (χ0) is 32.2. The predicted molar refractivity (Wildman–Crippen MR) is 172 cm³/mol. The summed E-state index contributed by atoms with van der Waals surface area (Å²) in [5.41, 5.74) is 5.52. The van der Waals surface area contributed by atoms with Crippen molar-refractivity contribution in [1.82, 2.24) is 15.1 Å². The second-order valence-corrected chi connectivity index (χ2v) is 13.8. The molecule has 0 radical (unpaired) electrons. The van der Waals surface area contributed by atoms with Gasteiger partial charge in [-0.2, -0.15) is 0 Å². The van der Waals surface area contributed by atoms with Gasteiger partial charge in [0.1, 0.15) is 0 Å². The van der Waals surface area contributed by atoms with Crippen LogP contribution < -0.4 is 11.1 Å². The zero-order valence-corrected chi connectivity index (χ0v) is 26.9. The minimum atomic E-state index is -1.69. The average molecular weight is 676 g/mol. The molecule has 1 saturated carbocycles. The fourth-order valence-corrected chi connectivity index (χ4v) is 8.23. The number of nitrogens with two attached hydrogens (primary N) is 1. The van der Waals surface area contributed by atoms with Crippen molar-refractivity contribution in [1.29, 1.82) is 0 Å². The highest BCUT2D eigenvalue weighted by Gasteiger charge is 2.42. The fourth-order valence-electron chi connectivity index (χ4n) is 6.50. The number of halogens is 2. The van der Waals surface area contributed by atoms with E-state index >= 15 is 0 Å². The number of carbonyl (C=O) groups is 3. The van der Waals surface area contributed by atoms with Crippen LogP contribution in [0.3, 0.4) is 0 Å². The molecule has 1 amide bonds. The van der Waals surface area contributed by atoms with Gasteiger partial charge in [-0.15, -0.1) is 0 Å². The van der Waals surface area contributed by atoms with Gasteiger partial charge in [0.15, 0.2) is 10.6 Å². The van der Waals surface area contributed by atoms with Crippen LogP contribution >= 0.6 is 23.2 Å². The van der Waals surface area contributed by atoms with E-state index in [0.29, 0.717) is 37.1 Å². The number of benzene rings is 2. The average Bonchev–Trinajstić information content (AvgIpc) is 3.01. The Kier molecular flexibility index (Phi) is 10.8. The van der Waals surface area contributed by atoms with Crippen molar-refractivity contribution in [2.24, 2.45) is 5.73 Å². The summed E-state index contributed by atoms with van der Waals surface area (Å²) in [6.07, 6.45) is 3.71. The van der Waals surface area contributed by atoms with Crippen LogP contribution in [0.2, 0.25) is 10.0 Å². The molecule has 13 heteroatoms. The molecule has 2 aromatic rings. The summed E-state index contributed by atoms with van der Waals surface area (Å²) < 4.78 is 13.4. The minimum absolute atomic E-state index is 0.0160. The lowest BCUT2D eigenvalue weighted by Crippen LogP contribution is -2.53. The topological polar surface area (TPSA) is 159 Å². The van der Waals surface area contributed by atoms with Gasteiger partial charge >= 0.3 is 11.9 Å². The number of dihydropyridines is 1. The van der Waals surface area contributed by atoms with Gasteiger partial charge in [-0.1, -0.05) is 47.5 Å². The summed E-state index contributed by atoms with van der Waals surface area (Å²) >= 11 is 11.4. The Morgan fingerprint density at radius 1 is 0.867 bits per heavy atom. The van der Waals surface area contributed by atoms with Crippen molar-refractivity contribution in [2.45, 2.75) is 55.0 Å². The van der Waals surface area contributed by atoms with Gasteiger partial charge in [-0.05, 0) is 61.1 Å². The number of nitrogens with zero attached hydrogens (tertiary/aromatic N) is 2. The van der Waals surface area contributed by atoms with Crippen LogP contribution in [0.25, 0.3) is 0 Å². The van der Waals surface area contributed by atoms with Crippen molar-refractivity contribution < 1.29 is 29.1 Å². The Morgan fingerprint density at radius 2 is 1.44 bits per heavy atom. The molecule has 0 spiro atoms. The molecular weight excluding hydrogens is 639 g/mol. The number of carbonyl (C=O) groups excluding carboxylic acids is 1. The molecule has 1 aliphatic carbocycles. The third kappa shape index (κ3) is 7.51. The third-order valence-electron chi connectivity index (χ3n) is 8.81. The molecule has 2 atom stereocenters. The van der Waals surface area contributed by atoms with Gasteiger partial charge in [0.05, 0.1) is 29.2 Å². The van der Waals surface area contributed by atoms with Crippen LogP contribution in [0.1, 0.15) is 43.6 Å². The maximum atomic E-state index is 13.7. The molecule has 240 valence electrons. The largest absolute Gasteiger partial charge is 0.611 e. The van der Waals surface area contributed by atoms with Crippen LogP contribution in [0.4, 0.5) is 0 Å². The van der Waals surface area contributed by atoms with E-state index in [-0.39, 0.29) is 62.3 Å². The summed E-state index contributed by atoms with van der Waals surface area (Å²) in [6, 6.07) is 13.8. The molecule has 5 N–H and O–H groups in total. The molecule has 3 aliphatic rings. The van der Waals surface area contributed by atoms with E-state index < -0.39 is 29.0 Å². The molecule has 2 aromatic carbocycles. The smallest absolute Gasteiger partial charge is 0.334 e. The van der Waals surface area contributed by atoms with E-state index in [1.807, 2.05) is 0 Å². The Balaban J connectivity index is 1.47. The summed E-state index contributed by atoms with van der Waals surface area (Å²) in [6.45, 7) is 2.37. The second-order valence-electron chi connectivity index (χ2n) is 11.6. The molecule has 5 rings (SSSR count). The molecule has 2 unspecified atom stereocenters. The van der Waals surface area contributed by atoms with Gasteiger partial charge in [-0.3, -0.25) is 9.69 Å². The number of amides is 1. The number of carboxylic acid groups (broad SMARTS) is 2. The van der Waals surface area contributed by atoms with Crippen LogP contribution in [-0.4, -0.2) is 86.4 Å². The van der Waals surface area contributed by atoms with Crippen molar-refractivity contribution in [2.75, 3.05) is 31.9 Å². The van der Waals surface area contributed by atoms with Gasteiger partial charge in [0.2, 0.25) is 5.91 Å². The maximum Gasteiger partial charge on any atom is 0.334 e. The first-order valence-corrected chi connectivity index (χ1v) is 17.0. The molecule has 45 heavy (non-hydrogen) atoms. The summed E-state index contributed by atoms with van der Waals surface area (Å²) in [5.74, 6) is -4.84. The highest BCUT2D eigenvalue weighted by Crippen LogP contribution is 2.45. The molecule has 1 saturated heterocycles. The van der Waals surface area contributed by atoms with Crippen molar-refractivity contribution in [3.05, 3.63) is 86.7 Å². The van der Waals surface area contributed by atoms with Crippen molar-refractivity contribution in [3.63, 3.8) is 0 Å². The number of hydrogen-bond donors (Lipinski definition) is 4. The van der Waals surface area contributed by atoms with Gasteiger partial charge in [0, 0.05) is 59.6 Å². The van der Waals surface area contributed by atoms with Gasteiger partial charge < -0.3 is 30.7 Å². The Bertz CT molecular complexity index is 1480. The van der Waals surface area contributed by atoms with Crippen molar-refractivity contribution in [3.8, 4) is 0 Å². The lowest BCUT2D eigenvalue weighted by atomic mass is 9.79. The molecule has 10 nitrogen and oxygen atoms in total. The van der Waals surface area contributed by atoms with Crippen molar-refractivity contribution >= 4 is 52.2 Å². The Labute approximate surface area is 275 Å². The van der Waals surface area contributed by atoms with Gasteiger partial charge in [0.25, 0.3) is 0 Å². The van der Waals surface area contributed by atoms with E-state index in [4.69, 9.17) is 28.9 Å². The second kappa shape index (κ2) is 14.6. The molecule has 2 fully saturated rings.